The minimum absolute atomic E-state index is 0.0572. The molecule has 0 aliphatic rings. The van der Waals surface area contributed by atoms with E-state index in [1.807, 2.05) is 36.9 Å². The monoisotopic (exact) mass is 277 g/mol. The van der Waals surface area contributed by atoms with Crippen molar-refractivity contribution in [3.63, 3.8) is 0 Å². The summed E-state index contributed by atoms with van der Waals surface area (Å²) >= 11 is 6.15. The number of nitrogens with two attached hydrogens (primary N) is 1. The van der Waals surface area contributed by atoms with Gasteiger partial charge < -0.3 is 5.73 Å². The van der Waals surface area contributed by atoms with Gasteiger partial charge in [-0.25, -0.2) is 0 Å². The van der Waals surface area contributed by atoms with Gasteiger partial charge in [0.2, 0.25) is 0 Å². The number of aromatic nitrogens is 2. The standard InChI is InChI=1S/C15H20ClN3/c1-4-12-8-13(19(3)18-12)9-15(17)11-6-5-10(2)14(16)7-11/h5-8,15H,4,9,17H2,1-3H3. The van der Waals surface area contributed by atoms with Crippen LogP contribution in [0, 0.1) is 6.92 Å². The van der Waals surface area contributed by atoms with Crippen molar-refractivity contribution >= 4 is 11.6 Å². The number of hydrogen-bond donors (Lipinski definition) is 1. The van der Waals surface area contributed by atoms with Crippen LogP contribution in [0.5, 0.6) is 0 Å². The van der Waals surface area contributed by atoms with Crippen molar-refractivity contribution < 1.29 is 0 Å². The molecule has 0 aliphatic heterocycles. The molecular formula is C15H20ClN3. The summed E-state index contributed by atoms with van der Waals surface area (Å²) in [6, 6.07) is 8.08. The lowest BCUT2D eigenvalue weighted by molar-refractivity contribution is 0.638. The van der Waals surface area contributed by atoms with E-state index in [4.69, 9.17) is 17.3 Å². The number of benzene rings is 1. The third-order valence-electron chi connectivity index (χ3n) is 3.44. The lowest BCUT2D eigenvalue weighted by Crippen LogP contribution is -2.15. The molecule has 1 aromatic carbocycles. The second kappa shape index (κ2) is 5.76. The molecule has 0 fully saturated rings. The summed E-state index contributed by atoms with van der Waals surface area (Å²) in [5.41, 5.74) is 10.7. The Morgan fingerprint density at radius 3 is 2.68 bits per heavy atom. The fourth-order valence-electron chi connectivity index (χ4n) is 2.12. The van der Waals surface area contributed by atoms with Crippen LogP contribution in [0.15, 0.2) is 24.3 Å². The zero-order valence-corrected chi connectivity index (χ0v) is 12.4. The summed E-state index contributed by atoms with van der Waals surface area (Å²) < 4.78 is 1.91. The van der Waals surface area contributed by atoms with Crippen molar-refractivity contribution in [3.05, 3.63) is 51.8 Å². The van der Waals surface area contributed by atoms with E-state index in [2.05, 4.69) is 18.1 Å². The first-order chi connectivity index (χ1) is 9.01. The van der Waals surface area contributed by atoms with Gasteiger partial charge in [0.25, 0.3) is 0 Å². The van der Waals surface area contributed by atoms with Crippen molar-refractivity contribution in [2.45, 2.75) is 32.7 Å². The van der Waals surface area contributed by atoms with Crippen LogP contribution in [0.3, 0.4) is 0 Å². The Morgan fingerprint density at radius 1 is 1.37 bits per heavy atom. The summed E-state index contributed by atoms with van der Waals surface area (Å²) in [5, 5.41) is 5.21. The molecule has 0 spiro atoms. The first kappa shape index (κ1) is 14.1. The Hall–Kier alpha value is -1.32. The molecule has 1 atom stereocenters. The highest BCUT2D eigenvalue weighted by molar-refractivity contribution is 6.31. The zero-order valence-electron chi connectivity index (χ0n) is 11.7. The number of nitrogens with zero attached hydrogens (tertiary/aromatic N) is 2. The molecule has 3 nitrogen and oxygen atoms in total. The maximum absolute atomic E-state index is 6.27. The van der Waals surface area contributed by atoms with Gasteiger partial charge in [-0.3, -0.25) is 4.68 Å². The smallest absolute Gasteiger partial charge is 0.0624 e. The minimum Gasteiger partial charge on any atom is -0.324 e. The highest BCUT2D eigenvalue weighted by Crippen LogP contribution is 2.22. The van der Waals surface area contributed by atoms with Crippen molar-refractivity contribution in [2.75, 3.05) is 0 Å². The molecule has 0 saturated heterocycles. The average molecular weight is 278 g/mol. The fraction of sp³-hybridized carbons (Fsp3) is 0.400. The van der Waals surface area contributed by atoms with Gasteiger partial charge in [-0.1, -0.05) is 30.7 Å². The number of aryl methyl sites for hydroxylation is 3. The van der Waals surface area contributed by atoms with E-state index >= 15 is 0 Å². The first-order valence-corrected chi connectivity index (χ1v) is 6.92. The molecule has 4 heteroatoms. The van der Waals surface area contributed by atoms with Gasteiger partial charge in [-0.05, 0) is 36.6 Å². The molecule has 2 rings (SSSR count). The van der Waals surface area contributed by atoms with Crippen LogP contribution in [-0.4, -0.2) is 9.78 Å². The molecule has 102 valence electrons. The average Bonchev–Trinajstić information content (AvgIpc) is 2.73. The Kier molecular flexibility index (Phi) is 4.27. The highest BCUT2D eigenvalue weighted by Gasteiger charge is 2.12. The topological polar surface area (TPSA) is 43.8 Å². The molecule has 19 heavy (non-hydrogen) atoms. The molecule has 0 radical (unpaired) electrons. The van der Waals surface area contributed by atoms with Gasteiger partial charge in [-0.15, -0.1) is 0 Å². The molecule has 0 aliphatic carbocycles. The third kappa shape index (κ3) is 3.17. The first-order valence-electron chi connectivity index (χ1n) is 6.54. The van der Waals surface area contributed by atoms with Gasteiger partial charge in [0.05, 0.1) is 5.69 Å². The summed E-state index contributed by atoms with van der Waals surface area (Å²) in [4.78, 5) is 0. The molecule has 2 N–H and O–H groups in total. The van der Waals surface area contributed by atoms with Crippen molar-refractivity contribution in [3.8, 4) is 0 Å². The zero-order chi connectivity index (χ0) is 14.0. The Bertz CT molecular complexity index is 575. The van der Waals surface area contributed by atoms with Gasteiger partial charge in [-0.2, -0.15) is 5.10 Å². The van der Waals surface area contributed by atoms with E-state index in [-0.39, 0.29) is 6.04 Å². The van der Waals surface area contributed by atoms with E-state index in [0.29, 0.717) is 0 Å². The molecule has 1 unspecified atom stereocenters. The molecular weight excluding hydrogens is 258 g/mol. The molecule has 0 amide bonds. The van der Waals surface area contributed by atoms with Crippen LogP contribution in [0.25, 0.3) is 0 Å². The van der Waals surface area contributed by atoms with Gasteiger partial charge in [0, 0.05) is 30.2 Å². The second-order valence-electron chi connectivity index (χ2n) is 4.92. The minimum atomic E-state index is -0.0572. The maximum Gasteiger partial charge on any atom is 0.0624 e. The summed E-state index contributed by atoms with van der Waals surface area (Å²) in [6.07, 6.45) is 1.71. The Balaban J connectivity index is 2.17. The summed E-state index contributed by atoms with van der Waals surface area (Å²) in [7, 11) is 1.96. The van der Waals surface area contributed by atoms with Crippen molar-refractivity contribution in [2.24, 2.45) is 12.8 Å². The van der Waals surface area contributed by atoms with Crippen molar-refractivity contribution in [1.82, 2.24) is 9.78 Å². The molecule has 0 bridgehead atoms. The number of hydrogen-bond acceptors (Lipinski definition) is 2. The quantitative estimate of drug-likeness (QED) is 0.933. The fourth-order valence-corrected chi connectivity index (χ4v) is 2.31. The maximum atomic E-state index is 6.27. The largest absolute Gasteiger partial charge is 0.324 e. The third-order valence-corrected chi connectivity index (χ3v) is 3.85. The normalized spacial score (nSPS) is 12.7. The van der Waals surface area contributed by atoms with Gasteiger partial charge >= 0.3 is 0 Å². The van der Waals surface area contributed by atoms with Crippen LogP contribution in [0.1, 0.15) is 35.5 Å². The summed E-state index contributed by atoms with van der Waals surface area (Å²) in [5.74, 6) is 0. The van der Waals surface area contributed by atoms with E-state index in [9.17, 15) is 0 Å². The predicted molar refractivity (Wildman–Crippen MR) is 79.4 cm³/mol. The van der Waals surface area contributed by atoms with Gasteiger partial charge in [0.1, 0.15) is 0 Å². The van der Waals surface area contributed by atoms with E-state index in [0.717, 1.165) is 40.4 Å². The lowest BCUT2D eigenvalue weighted by atomic mass is 10.0. The van der Waals surface area contributed by atoms with Gasteiger partial charge in [0.15, 0.2) is 0 Å². The van der Waals surface area contributed by atoms with E-state index in [1.54, 1.807) is 0 Å². The molecule has 2 aromatic rings. The molecule has 1 aromatic heterocycles. The highest BCUT2D eigenvalue weighted by atomic mass is 35.5. The summed E-state index contributed by atoms with van der Waals surface area (Å²) in [6.45, 7) is 4.10. The van der Waals surface area contributed by atoms with Crippen LogP contribution < -0.4 is 5.73 Å². The number of halogens is 1. The van der Waals surface area contributed by atoms with Crippen LogP contribution in [-0.2, 0) is 19.9 Å². The van der Waals surface area contributed by atoms with Crippen LogP contribution in [0.2, 0.25) is 5.02 Å². The molecule has 0 saturated carbocycles. The Labute approximate surface area is 119 Å². The van der Waals surface area contributed by atoms with Crippen LogP contribution >= 0.6 is 11.6 Å². The molecule has 1 heterocycles. The van der Waals surface area contributed by atoms with E-state index in [1.165, 1.54) is 0 Å². The second-order valence-corrected chi connectivity index (χ2v) is 5.33. The predicted octanol–water partition coefficient (Wildman–Crippen LogP) is 3.19. The van der Waals surface area contributed by atoms with E-state index < -0.39 is 0 Å². The van der Waals surface area contributed by atoms with Crippen molar-refractivity contribution in [1.29, 1.82) is 0 Å². The Morgan fingerprint density at radius 2 is 2.11 bits per heavy atom. The SMILES string of the molecule is CCc1cc(CC(N)c2ccc(C)c(Cl)c2)n(C)n1. The number of rotatable bonds is 4. The lowest BCUT2D eigenvalue weighted by Gasteiger charge is -2.13. The van der Waals surface area contributed by atoms with Crippen LogP contribution in [0.4, 0.5) is 0 Å².